The molecule has 0 N–H and O–H groups in total. The normalized spacial score (nSPS) is 19.3. The van der Waals surface area contributed by atoms with E-state index < -0.39 is 0 Å². The molecule has 170 valence electrons. The molecular weight excluding hydrogens is 410 g/mol. The Hall–Kier alpha value is -3.00. The van der Waals surface area contributed by atoms with E-state index in [1.807, 2.05) is 32.0 Å². The Morgan fingerprint density at radius 1 is 1.25 bits per heavy atom. The lowest BCUT2D eigenvalue weighted by atomic mass is 9.93. The van der Waals surface area contributed by atoms with Gasteiger partial charge in [-0.3, -0.25) is 19.4 Å². The fourth-order valence-corrected chi connectivity index (χ4v) is 4.29. The molecule has 2 aromatic rings. The number of ether oxygens (including phenoxy) is 1. The highest BCUT2D eigenvalue weighted by Crippen LogP contribution is 2.28. The van der Waals surface area contributed by atoms with Crippen molar-refractivity contribution in [3.05, 3.63) is 53.2 Å². The first-order valence-corrected chi connectivity index (χ1v) is 11.1. The first-order chi connectivity index (χ1) is 15.4. The van der Waals surface area contributed by atoms with E-state index in [0.29, 0.717) is 37.3 Å². The maximum Gasteiger partial charge on any atom is 0.258 e. The lowest BCUT2D eigenvalue weighted by molar-refractivity contribution is -0.132. The van der Waals surface area contributed by atoms with Crippen LogP contribution in [0.4, 0.5) is 0 Å². The predicted molar refractivity (Wildman–Crippen MR) is 116 cm³/mol. The molecule has 0 spiro atoms. The maximum absolute atomic E-state index is 13.4. The van der Waals surface area contributed by atoms with E-state index in [1.54, 1.807) is 11.1 Å². The van der Waals surface area contributed by atoms with Gasteiger partial charge >= 0.3 is 0 Å². The highest BCUT2D eigenvalue weighted by atomic mass is 16.5. The van der Waals surface area contributed by atoms with Crippen molar-refractivity contribution >= 4 is 17.6 Å². The number of fused-ring (bicyclic) bond motifs is 1. The number of furan rings is 1. The number of hydrogen-bond donors (Lipinski definition) is 0. The number of hydrogen-bond acceptors (Lipinski definition) is 6. The Kier molecular flexibility index (Phi) is 6.69. The second-order valence-electron chi connectivity index (χ2n) is 8.86. The van der Waals surface area contributed by atoms with Crippen LogP contribution in [-0.4, -0.2) is 64.7 Å². The van der Waals surface area contributed by atoms with Crippen LogP contribution in [0, 0.1) is 5.92 Å². The lowest BCUT2D eigenvalue weighted by Crippen LogP contribution is -2.40. The van der Waals surface area contributed by atoms with Crippen molar-refractivity contribution in [1.82, 2.24) is 14.8 Å². The topological polar surface area (TPSA) is 92.9 Å². The van der Waals surface area contributed by atoms with Crippen LogP contribution in [0.1, 0.15) is 58.9 Å². The molecule has 0 radical (unpaired) electrons. The minimum absolute atomic E-state index is 0.0524. The second-order valence-corrected chi connectivity index (χ2v) is 8.86. The minimum Gasteiger partial charge on any atom is -0.468 e. The molecule has 32 heavy (non-hydrogen) atoms. The molecule has 0 aromatic carbocycles. The van der Waals surface area contributed by atoms with E-state index in [1.165, 1.54) is 11.2 Å². The molecule has 1 saturated heterocycles. The van der Waals surface area contributed by atoms with Gasteiger partial charge in [0.1, 0.15) is 18.6 Å². The SMILES string of the molecule is CC(C)CN1C[C@@H](OCc2ccccn2)CN(C(=O)c2coc3c2C(=O)CCC3)CC1=O. The van der Waals surface area contributed by atoms with Gasteiger partial charge in [-0.25, -0.2) is 0 Å². The number of ketones is 1. The average molecular weight is 440 g/mol. The van der Waals surface area contributed by atoms with Gasteiger partial charge in [0, 0.05) is 38.7 Å². The number of aromatic nitrogens is 1. The molecule has 0 saturated carbocycles. The van der Waals surface area contributed by atoms with E-state index in [4.69, 9.17) is 9.15 Å². The molecular formula is C24H29N3O5. The van der Waals surface area contributed by atoms with Crippen LogP contribution < -0.4 is 0 Å². The standard InChI is InChI=1S/C24H29N3O5/c1-16(2)10-26-11-18(31-14-17-6-3-4-9-25-17)12-27(13-22(26)29)24(30)19-15-32-21-8-5-7-20(28)23(19)21/h3-4,6,9,15-16,18H,5,7-8,10-14H2,1-2H3/t18-/m1/s1. The van der Waals surface area contributed by atoms with E-state index in [-0.39, 0.29) is 54.9 Å². The highest BCUT2D eigenvalue weighted by molar-refractivity contribution is 6.09. The van der Waals surface area contributed by atoms with Gasteiger partial charge in [-0.15, -0.1) is 0 Å². The fourth-order valence-electron chi connectivity index (χ4n) is 4.29. The van der Waals surface area contributed by atoms with Crippen molar-refractivity contribution in [3.8, 4) is 0 Å². The number of rotatable bonds is 6. The average Bonchev–Trinajstić information content (AvgIpc) is 3.15. The highest BCUT2D eigenvalue weighted by Gasteiger charge is 2.35. The molecule has 1 aliphatic carbocycles. The van der Waals surface area contributed by atoms with Gasteiger partial charge in [0.2, 0.25) is 5.91 Å². The smallest absolute Gasteiger partial charge is 0.258 e. The molecule has 0 unspecified atom stereocenters. The largest absolute Gasteiger partial charge is 0.468 e. The number of carbonyl (C=O) groups excluding carboxylic acids is 3. The van der Waals surface area contributed by atoms with E-state index in [9.17, 15) is 14.4 Å². The van der Waals surface area contributed by atoms with Crippen LogP contribution in [0.15, 0.2) is 35.1 Å². The van der Waals surface area contributed by atoms with Crippen molar-refractivity contribution in [2.24, 2.45) is 5.92 Å². The summed E-state index contributed by atoms with van der Waals surface area (Å²) in [6.07, 6.45) is 4.47. The number of Topliss-reactive ketones (excluding diaryl/α,β-unsaturated/α-hetero) is 1. The molecule has 2 aromatic heterocycles. The maximum atomic E-state index is 13.4. The molecule has 2 aliphatic rings. The number of carbonyl (C=O) groups is 3. The first-order valence-electron chi connectivity index (χ1n) is 11.1. The fraction of sp³-hybridized carbons (Fsp3) is 0.500. The van der Waals surface area contributed by atoms with Crippen LogP contribution in [0.2, 0.25) is 0 Å². The summed E-state index contributed by atoms with van der Waals surface area (Å²) in [4.78, 5) is 46.4. The lowest BCUT2D eigenvalue weighted by Gasteiger charge is -2.25. The first kappa shape index (κ1) is 22.2. The minimum atomic E-state index is -0.371. The number of pyridine rings is 1. The van der Waals surface area contributed by atoms with Crippen LogP contribution in [0.25, 0.3) is 0 Å². The summed E-state index contributed by atoms with van der Waals surface area (Å²) in [5, 5.41) is 0. The molecule has 1 atom stereocenters. The predicted octanol–water partition coefficient (Wildman–Crippen LogP) is 2.72. The van der Waals surface area contributed by atoms with Gasteiger partial charge in [0.05, 0.1) is 29.5 Å². The molecule has 1 aliphatic heterocycles. The van der Waals surface area contributed by atoms with Gasteiger partial charge in [0.15, 0.2) is 5.78 Å². The van der Waals surface area contributed by atoms with Crippen LogP contribution >= 0.6 is 0 Å². The van der Waals surface area contributed by atoms with E-state index in [2.05, 4.69) is 4.98 Å². The van der Waals surface area contributed by atoms with Crippen molar-refractivity contribution in [3.63, 3.8) is 0 Å². The van der Waals surface area contributed by atoms with Crippen LogP contribution in [-0.2, 0) is 22.6 Å². The molecule has 0 bridgehead atoms. The summed E-state index contributed by atoms with van der Waals surface area (Å²) < 4.78 is 11.6. The quantitative estimate of drug-likeness (QED) is 0.687. The number of aryl methyl sites for hydroxylation is 1. The zero-order chi connectivity index (χ0) is 22.7. The molecule has 3 heterocycles. The summed E-state index contributed by atoms with van der Waals surface area (Å²) in [5.41, 5.74) is 1.41. The Morgan fingerprint density at radius 2 is 2.09 bits per heavy atom. The van der Waals surface area contributed by atoms with E-state index >= 15 is 0 Å². The molecule has 1 fully saturated rings. The van der Waals surface area contributed by atoms with Crippen molar-refractivity contribution < 1.29 is 23.5 Å². The second kappa shape index (κ2) is 9.65. The van der Waals surface area contributed by atoms with Crippen molar-refractivity contribution in [2.45, 2.75) is 45.8 Å². The third-order valence-corrected chi connectivity index (χ3v) is 5.78. The Balaban J connectivity index is 1.55. The Morgan fingerprint density at radius 3 is 2.84 bits per heavy atom. The van der Waals surface area contributed by atoms with Gasteiger partial charge in [-0.1, -0.05) is 19.9 Å². The van der Waals surface area contributed by atoms with Crippen LogP contribution in [0.5, 0.6) is 0 Å². The van der Waals surface area contributed by atoms with E-state index in [0.717, 1.165) is 12.1 Å². The third kappa shape index (κ3) is 4.91. The summed E-state index contributed by atoms with van der Waals surface area (Å²) >= 11 is 0. The van der Waals surface area contributed by atoms with Gasteiger partial charge in [0.25, 0.3) is 5.91 Å². The number of amides is 2. The summed E-state index contributed by atoms with van der Waals surface area (Å²) in [5.74, 6) is 0.288. The van der Waals surface area contributed by atoms with Crippen LogP contribution in [0.3, 0.4) is 0 Å². The Bertz CT molecular complexity index is 985. The zero-order valence-electron chi connectivity index (χ0n) is 18.6. The summed E-state index contributed by atoms with van der Waals surface area (Å²) in [6, 6.07) is 5.60. The summed E-state index contributed by atoms with van der Waals surface area (Å²) in [6.45, 7) is 5.57. The molecule has 4 rings (SSSR count). The zero-order valence-corrected chi connectivity index (χ0v) is 18.6. The monoisotopic (exact) mass is 439 g/mol. The number of nitrogens with zero attached hydrogens (tertiary/aromatic N) is 3. The molecule has 2 amide bonds. The van der Waals surface area contributed by atoms with Gasteiger partial charge in [-0.05, 0) is 24.5 Å². The van der Waals surface area contributed by atoms with Gasteiger partial charge in [-0.2, -0.15) is 0 Å². The third-order valence-electron chi connectivity index (χ3n) is 5.78. The molecule has 8 heteroatoms. The van der Waals surface area contributed by atoms with Crippen molar-refractivity contribution in [1.29, 1.82) is 0 Å². The van der Waals surface area contributed by atoms with Gasteiger partial charge < -0.3 is 19.0 Å². The van der Waals surface area contributed by atoms with Crippen molar-refractivity contribution in [2.75, 3.05) is 26.2 Å². The molecule has 8 nitrogen and oxygen atoms in total. The summed E-state index contributed by atoms with van der Waals surface area (Å²) in [7, 11) is 0. The Labute approximate surface area is 187 Å².